The summed E-state index contributed by atoms with van der Waals surface area (Å²) in [4.78, 5) is 36.0. The number of thioether (sulfide) groups is 1. The molecule has 0 saturated carbocycles. The third kappa shape index (κ3) is 3.93. The smallest absolute Gasteiger partial charge is 0.270 e. The van der Waals surface area contributed by atoms with Gasteiger partial charge in [0.1, 0.15) is 0 Å². The van der Waals surface area contributed by atoms with Gasteiger partial charge in [0.25, 0.3) is 11.2 Å². The minimum Gasteiger partial charge on any atom is -0.293 e. The lowest BCUT2D eigenvalue weighted by Gasteiger charge is -2.10. The van der Waals surface area contributed by atoms with Crippen molar-refractivity contribution in [3.8, 4) is 0 Å². The van der Waals surface area contributed by atoms with Crippen LogP contribution in [0.2, 0.25) is 0 Å². The SMILES string of the molecule is CCCCn1c(=O)c2ccccc2n2c(SCC(=O)c3cccc([N+](=O)[O-])c3)nnc12. The van der Waals surface area contributed by atoms with E-state index in [-0.39, 0.29) is 28.3 Å². The Balaban J connectivity index is 1.71. The summed E-state index contributed by atoms with van der Waals surface area (Å²) in [5.74, 6) is 0.209. The molecule has 0 saturated heterocycles. The molecule has 0 aliphatic carbocycles. The van der Waals surface area contributed by atoms with Crippen LogP contribution in [0.25, 0.3) is 16.7 Å². The number of nitrogens with zero attached hydrogens (tertiary/aromatic N) is 5. The molecule has 0 fully saturated rings. The average molecular weight is 437 g/mol. The number of aryl methyl sites for hydroxylation is 1. The number of Topliss-reactive ketones (excluding diaryl/α,β-unsaturated/α-hetero) is 1. The fourth-order valence-electron chi connectivity index (χ4n) is 3.35. The number of nitro groups is 1. The quantitative estimate of drug-likeness (QED) is 0.179. The molecule has 0 unspecified atom stereocenters. The maximum atomic E-state index is 13.0. The lowest BCUT2D eigenvalue weighted by Crippen LogP contribution is -2.23. The van der Waals surface area contributed by atoms with Crippen molar-refractivity contribution in [2.24, 2.45) is 0 Å². The second kappa shape index (κ2) is 8.68. The second-order valence-corrected chi connectivity index (χ2v) is 7.91. The minimum absolute atomic E-state index is 0.0321. The lowest BCUT2D eigenvalue weighted by atomic mass is 10.1. The molecular weight excluding hydrogens is 418 g/mol. The summed E-state index contributed by atoms with van der Waals surface area (Å²) in [6.45, 7) is 2.58. The summed E-state index contributed by atoms with van der Waals surface area (Å²) < 4.78 is 3.41. The first-order valence-corrected chi connectivity index (χ1v) is 10.8. The number of fused-ring (bicyclic) bond motifs is 3. The van der Waals surface area contributed by atoms with Crippen molar-refractivity contribution < 1.29 is 9.72 Å². The number of non-ortho nitro benzene ring substituents is 1. The van der Waals surface area contributed by atoms with Crippen LogP contribution in [0.15, 0.2) is 58.5 Å². The van der Waals surface area contributed by atoms with Gasteiger partial charge in [-0.3, -0.25) is 28.7 Å². The third-order valence-electron chi connectivity index (χ3n) is 4.92. The molecule has 0 spiro atoms. The van der Waals surface area contributed by atoms with Crippen molar-refractivity contribution in [1.82, 2.24) is 19.2 Å². The number of hydrogen-bond acceptors (Lipinski definition) is 7. The van der Waals surface area contributed by atoms with Gasteiger partial charge in [-0.2, -0.15) is 0 Å². The number of unbranched alkanes of at least 4 members (excludes halogenated alkanes) is 1. The molecule has 0 aliphatic rings. The first-order valence-electron chi connectivity index (χ1n) is 9.78. The maximum absolute atomic E-state index is 13.0. The van der Waals surface area contributed by atoms with Crippen molar-refractivity contribution in [2.45, 2.75) is 31.5 Å². The van der Waals surface area contributed by atoms with Crippen molar-refractivity contribution in [3.63, 3.8) is 0 Å². The highest BCUT2D eigenvalue weighted by molar-refractivity contribution is 7.99. The number of carbonyl (C=O) groups excluding carboxylic acids is 1. The Morgan fingerprint density at radius 1 is 1.16 bits per heavy atom. The van der Waals surface area contributed by atoms with Gasteiger partial charge in [0.15, 0.2) is 10.9 Å². The van der Waals surface area contributed by atoms with Gasteiger partial charge in [0, 0.05) is 24.2 Å². The van der Waals surface area contributed by atoms with Gasteiger partial charge in [0.05, 0.1) is 21.6 Å². The van der Waals surface area contributed by atoms with Gasteiger partial charge in [-0.25, -0.2) is 0 Å². The van der Waals surface area contributed by atoms with E-state index in [0.29, 0.717) is 28.4 Å². The van der Waals surface area contributed by atoms with Crippen LogP contribution in [0.4, 0.5) is 5.69 Å². The molecule has 2 heterocycles. The fourth-order valence-corrected chi connectivity index (χ4v) is 4.19. The molecule has 31 heavy (non-hydrogen) atoms. The lowest BCUT2D eigenvalue weighted by molar-refractivity contribution is -0.384. The van der Waals surface area contributed by atoms with Gasteiger partial charge in [-0.05, 0) is 18.6 Å². The molecule has 0 radical (unpaired) electrons. The number of carbonyl (C=O) groups is 1. The number of para-hydroxylation sites is 1. The highest BCUT2D eigenvalue weighted by atomic mass is 32.2. The molecule has 0 amide bonds. The maximum Gasteiger partial charge on any atom is 0.270 e. The van der Waals surface area contributed by atoms with Crippen LogP contribution in [0.3, 0.4) is 0 Å². The zero-order valence-electron chi connectivity index (χ0n) is 16.7. The van der Waals surface area contributed by atoms with Crippen molar-refractivity contribution in [2.75, 3.05) is 5.75 Å². The Labute approximate surface area is 180 Å². The Kier molecular flexibility index (Phi) is 5.81. The molecule has 0 N–H and O–H groups in total. The Hall–Kier alpha value is -3.53. The summed E-state index contributed by atoms with van der Waals surface area (Å²) >= 11 is 1.18. The van der Waals surface area contributed by atoms with Crippen molar-refractivity contribution in [3.05, 3.63) is 74.6 Å². The summed E-state index contributed by atoms with van der Waals surface area (Å²) in [7, 11) is 0. The average Bonchev–Trinajstić information content (AvgIpc) is 3.21. The van der Waals surface area contributed by atoms with Crippen molar-refractivity contribution in [1.29, 1.82) is 0 Å². The molecule has 2 aromatic heterocycles. The molecule has 0 atom stereocenters. The van der Waals surface area contributed by atoms with Crippen LogP contribution >= 0.6 is 11.8 Å². The Bertz CT molecular complexity index is 1360. The molecule has 0 bridgehead atoms. The number of rotatable bonds is 8. The van der Waals surface area contributed by atoms with E-state index >= 15 is 0 Å². The summed E-state index contributed by atoms with van der Waals surface area (Å²) in [5, 5.41) is 20.4. The van der Waals surface area contributed by atoms with E-state index in [4.69, 9.17) is 0 Å². The van der Waals surface area contributed by atoms with Crippen LogP contribution in [0, 0.1) is 10.1 Å². The minimum atomic E-state index is -0.530. The van der Waals surface area contributed by atoms with E-state index < -0.39 is 4.92 Å². The molecular formula is C21H19N5O4S. The number of hydrogen-bond donors (Lipinski definition) is 0. The van der Waals surface area contributed by atoms with Crippen molar-refractivity contribution >= 4 is 39.9 Å². The monoisotopic (exact) mass is 437 g/mol. The van der Waals surface area contributed by atoms with Crippen LogP contribution < -0.4 is 5.56 Å². The molecule has 10 heteroatoms. The number of benzene rings is 2. The zero-order valence-corrected chi connectivity index (χ0v) is 17.5. The summed E-state index contributed by atoms with van der Waals surface area (Å²) in [6.07, 6.45) is 1.76. The summed E-state index contributed by atoms with van der Waals surface area (Å²) in [6, 6.07) is 12.9. The van der Waals surface area contributed by atoms with Gasteiger partial charge >= 0.3 is 0 Å². The molecule has 4 aromatic rings. The van der Waals surface area contributed by atoms with Crippen LogP contribution in [0.5, 0.6) is 0 Å². The molecule has 158 valence electrons. The number of nitro benzene ring substituents is 1. The van der Waals surface area contributed by atoms with E-state index in [0.717, 1.165) is 12.8 Å². The second-order valence-electron chi connectivity index (χ2n) is 6.96. The normalized spacial score (nSPS) is 11.3. The van der Waals surface area contributed by atoms with Gasteiger partial charge in [-0.1, -0.05) is 49.4 Å². The van der Waals surface area contributed by atoms with Crippen LogP contribution in [-0.2, 0) is 6.54 Å². The number of ketones is 1. The van der Waals surface area contributed by atoms with Crippen LogP contribution in [0.1, 0.15) is 30.1 Å². The van der Waals surface area contributed by atoms with E-state index in [1.807, 2.05) is 25.1 Å². The van der Waals surface area contributed by atoms with Crippen LogP contribution in [-0.4, -0.2) is 35.6 Å². The molecule has 9 nitrogen and oxygen atoms in total. The van der Waals surface area contributed by atoms with E-state index in [2.05, 4.69) is 10.2 Å². The Morgan fingerprint density at radius 3 is 2.74 bits per heavy atom. The van der Waals surface area contributed by atoms with Gasteiger partial charge < -0.3 is 0 Å². The highest BCUT2D eigenvalue weighted by Gasteiger charge is 2.18. The van der Waals surface area contributed by atoms with E-state index in [1.165, 1.54) is 30.0 Å². The number of aromatic nitrogens is 4. The first-order chi connectivity index (χ1) is 15.0. The van der Waals surface area contributed by atoms with Gasteiger partial charge in [0.2, 0.25) is 5.78 Å². The standard InChI is InChI=1S/C21H19N5O4S/c1-2-3-11-24-19(28)16-9-4-5-10-17(16)25-20(24)22-23-21(25)31-13-18(27)14-7-6-8-15(12-14)26(29)30/h4-10,12H,2-3,11,13H2,1H3. The predicted molar refractivity (Wildman–Crippen MR) is 118 cm³/mol. The zero-order chi connectivity index (χ0) is 22.0. The topological polar surface area (TPSA) is 112 Å². The fraction of sp³-hybridized carbons (Fsp3) is 0.238. The first kappa shape index (κ1) is 20.7. The molecule has 0 aliphatic heterocycles. The molecule has 2 aromatic carbocycles. The largest absolute Gasteiger partial charge is 0.293 e. The predicted octanol–water partition coefficient (Wildman–Crippen LogP) is 3.73. The van der Waals surface area contributed by atoms with E-state index in [9.17, 15) is 19.7 Å². The van der Waals surface area contributed by atoms with Gasteiger partial charge in [-0.15, -0.1) is 10.2 Å². The van der Waals surface area contributed by atoms with E-state index in [1.54, 1.807) is 21.1 Å². The Morgan fingerprint density at radius 2 is 1.97 bits per heavy atom. The molecule has 4 rings (SSSR count). The summed E-state index contributed by atoms with van der Waals surface area (Å²) in [5.41, 5.74) is 0.689. The third-order valence-corrected chi connectivity index (χ3v) is 5.85. The highest BCUT2D eigenvalue weighted by Crippen LogP contribution is 2.23.